The van der Waals surface area contributed by atoms with Crippen LogP contribution in [0.25, 0.3) is 0 Å². The molecule has 0 aliphatic carbocycles. The molecule has 0 radical (unpaired) electrons. The predicted octanol–water partition coefficient (Wildman–Crippen LogP) is -5.48. The first-order valence-corrected chi connectivity index (χ1v) is 5.55. The number of aliphatic carboxylic acids is 4. The monoisotopic (exact) mass is 307 g/mol. The van der Waals surface area contributed by atoms with Gasteiger partial charge in [-0.1, -0.05) is 0 Å². The van der Waals surface area contributed by atoms with E-state index in [0.717, 1.165) is 0 Å². The number of quaternary nitrogens is 1. The first-order chi connectivity index (χ1) is 9.19. The fraction of sp³-hybridized carbons (Fsp3) is 0.636. The van der Waals surface area contributed by atoms with Gasteiger partial charge >= 0.3 is 5.97 Å². The summed E-state index contributed by atoms with van der Waals surface area (Å²) in [6.07, 6.45) is -2.72. The molecule has 10 nitrogen and oxygen atoms in total. The summed E-state index contributed by atoms with van der Waals surface area (Å²) in [4.78, 5) is 40.0. The average Bonchev–Trinajstić information content (AvgIpc) is 2.10. The molecule has 0 spiro atoms. The molecule has 0 amide bonds. The zero-order chi connectivity index (χ0) is 17.4. The summed E-state index contributed by atoms with van der Waals surface area (Å²) in [6.45, 7) is 0.181. The molecular weight excluding hydrogens is 290 g/mol. The highest BCUT2D eigenvalue weighted by atomic mass is 16.4. The molecule has 0 aliphatic rings. The second-order valence-corrected chi connectivity index (χ2v) is 5.26. The Labute approximate surface area is 120 Å². The minimum atomic E-state index is -2.97. The van der Waals surface area contributed by atoms with Crippen molar-refractivity contribution in [1.29, 1.82) is 0 Å². The van der Waals surface area contributed by atoms with Crippen LogP contribution in [0, 0.1) is 0 Å². The third-order valence-corrected chi connectivity index (χ3v) is 1.86. The predicted molar refractivity (Wildman–Crippen MR) is 59.7 cm³/mol. The number of hydrogen-bond acceptors (Lipinski definition) is 8. The molecule has 0 aromatic rings. The van der Waals surface area contributed by atoms with E-state index >= 15 is 0 Å². The average molecular weight is 307 g/mol. The molecule has 2 N–H and O–H groups in total. The van der Waals surface area contributed by atoms with Crippen molar-refractivity contribution < 1.29 is 49.2 Å². The highest BCUT2D eigenvalue weighted by Gasteiger charge is 2.29. The number of rotatable bonds is 7. The van der Waals surface area contributed by atoms with E-state index in [1.165, 1.54) is 0 Å². The molecule has 0 saturated carbocycles. The molecule has 10 heteroatoms. The molecule has 21 heavy (non-hydrogen) atoms. The number of carboxylic acid groups (broad SMARTS) is 4. The third kappa shape index (κ3) is 12.6. The molecule has 0 aromatic heterocycles. The minimum absolute atomic E-state index is 0.181. The van der Waals surface area contributed by atoms with Gasteiger partial charge in [-0.25, -0.2) is 4.79 Å². The Balaban J connectivity index is 0. The minimum Gasteiger partial charge on any atom is -0.550 e. The largest absolute Gasteiger partial charge is 0.550 e. The highest BCUT2D eigenvalue weighted by Crippen LogP contribution is 2.13. The van der Waals surface area contributed by atoms with Crippen LogP contribution in [0.2, 0.25) is 0 Å². The molecule has 122 valence electrons. The van der Waals surface area contributed by atoms with E-state index in [2.05, 4.69) is 0 Å². The van der Waals surface area contributed by atoms with Crippen molar-refractivity contribution in [3.63, 3.8) is 0 Å². The number of carbonyl (C=O) groups excluding carboxylic acids is 3. The first kappa shape index (κ1) is 21.1. The molecule has 0 saturated heterocycles. The van der Waals surface area contributed by atoms with E-state index in [4.69, 9.17) is 10.2 Å². The van der Waals surface area contributed by atoms with Crippen LogP contribution in [0.3, 0.4) is 0 Å². The van der Waals surface area contributed by atoms with Gasteiger partial charge in [-0.3, -0.25) is 0 Å². The number of aliphatic hydroxyl groups is 1. The maximum atomic E-state index is 10.1. The van der Waals surface area contributed by atoms with Crippen LogP contribution in [0.5, 0.6) is 0 Å². The molecule has 0 fully saturated rings. The van der Waals surface area contributed by atoms with Crippen molar-refractivity contribution in [3.05, 3.63) is 0 Å². The van der Waals surface area contributed by atoms with Crippen molar-refractivity contribution in [2.45, 2.75) is 18.4 Å². The Morgan fingerprint density at radius 1 is 0.952 bits per heavy atom. The third-order valence-electron chi connectivity index (χ3n) is 1.86. The van der Waals surface area contributed by atoms with Crippen LogP contribution < -0.4 is 15.3 Å². The van der Waals surface area contributed by atoms with Gasteiger partial charge in [0.1, 0.15) is 5.60 Å². The molecule has 0 aliphatic heterocycles. The maximum Gasteiger partial charge on any atom is 0.359 e. The fourth-order valence-corrected chi connectivity index (χ4v) is 1.09. The highest BCUT2D eigenvalue weighted by molar-refractivity contribution is 5.86. The van der Waals surface area contributed by atoms with Gasteiger partial charge in [-0.2, -0.15) is 0 Å². The maximum absolute atomic E-state index is 10.1. The molecule has 0 atom stereocenters. The number of carboxylic acids is 4. The topological polar surface area (TPSA) is 178 Å². The van der Waals surface area contributed by atoms with Gasteiger partial charge in [0.25, 0.3) is 0 Å². The van der Waals surface area contributed by atoms with Crippen LogP contribution >= 0.6 is 0 Å². The molecule has 0 aromatic carbocycles. The van der Waals surface area contributed by atoms with Crippen LogP contribution in [0.15, 0.2) is 0 Å². The van der Waals surface area contributed by atoms with E-state index < -0.39 is 42.3 Å². The van der Waals surface area contributed by atoms with Gasteiger partial charge in [0.05, 0.1) is 27.1 Å². The number of likely N-dealkylation sites (N-methyl/N-ethyl adjacent to an activating group) is 1. The van der Waals surface area contributed by atoms with E-state index in [9.17, 15) is 34.5 Å². The molecule has 0 unspecified atom stereocenters. The fourth-order valence-electron chi connectivity index (χ4n) is 1.09. The first-order valence-electron chi connectivity index (χ1n) is 5.55. The lowest BCUT2D eigenvalue weighted by molar-refractivity contribution is -0.862. The van der Waals surface area contributed by atoms with Gasteiger partial charge in [-0.05, 0) is 0 Å². The second kappa shape index (κ2) is 8.17. The van der Waals surface area contributed by atoms with Crippen molar-refractivity contribution in [1.82, 2.24) is 0 Å². The standard InChI is InChI=1S/C6H8O7.C5H11NO2/c7-3(8)1-6(13,5(11)12)2-4(9)10;1-6(2,3)4-5(7)8/h13H,1-2H2,(H,7,8)(H,9,10)(H,11,12);4H2,1-3H3/p-2. The Bertz CT molecular complexity index is 394. The number of hydrogen-bond donors (Lipinski definition) is 2. The summed E-state index contributed by atoms with van der Waals surface area (Å²) in [7, 11) is 5.52. The van der Waals surface area contributed by atoms with Crippen LogP contribution in [-0.4, -0.2) is 71.9 Å². The lowest BCUT2D eigenvalue weighted by Crippen LogP contribution is -2.54. The van der Waals surface area contributed by atoms with E-state index in [0.29, 0.717) is 4.48 Å². The zero-order valence-corrected chi connectivity index (χ0v) is 11.8. The molecular formula is C11H17NO9-2. The van der Waals surface area contributed by atoms with Crippen molar-refractivity contribution >= 4 is 23.9 Å². The SMILES string of the molecule is C[N+](C)(C)CC(=O)O.O=C([O-])CC(O)(CC(=O)[O-])C(=O)[O-]. The molecule has 0 bridgehead atoms. The molecule has 0 heterocycles. The van der Waals surface area contributed by atoms with Crippen molar-refractivity contribution in [3.8, 4) is 0 Å². The van der Waals surface area contributed by atoms with Crippen LogP contribution in [0.4, 0.5) is 0 Å². The van der Waals surface area contributed by atoms with E-state index in [-0.39, 0.29) is 6.54 Å². The Kier molecular flexibility index (Phi) is 8.21. The summed E-state index contributed by atoms with van der Waals surface area (Å²) in [5, 5.41) is 47.2. The molecule has 0 rings (SSSR count). The lowest BCUT2D eigenvalue weighted by Gasteiger charge is -2.29. The Morgan fingerprint density at radius 3 is 1.38 bits per heavy atom. The second-order valence-electron chi connectivity index (χ2n) is 5.26. The summed E-state index contributed by atoms with van der Waals surface area (Å²) in [6, 6.07) is 0. The Morgan fingerprint density at radius 2 is 1.29 bits per heavy atom. The summed E-state index contributed by atoms with van der Waals surface area (Å²) in [5.74, 6) is -6.74. The zero-order valence-electron chi connectivity index (χ0n) is 11.8. The van der Waals surface area contributed by atoms with Gasteiger partial charge in [0.2, 0.25) is 0 Å². The summed E-state index contributed by atoms with van der Waals surface area (Å²) >= 11 is 0. The summed E-state index contributed by atoms with van der Waals surface area (Å²) < 4.78 is 0.481. The summed E-state index contributed by atoms with van der Waals surface area (Å²) in [5.41, 5.74) is -2.97. The number of nitrogens with zero attached hydrogens (tertiary/aromatic N) is 1. The normalized spacial score (nSPS) is 11.0. The smallest absolute Gasteiger partial charge is 0.359 e. The van der Waals surface area contributed by atoms with Crippen molar-refractivity contribution in [2.75, 3.05) is 27.7 Å². The van der Waals surface area contributed by atoms with Gasteiger partial charge in [0, 0.05) is 24.8 Å². The van der Waals surface area contributed by atoms with E-state index in [1.54, 1.807) is 0 Å². The van der Waals surface area contributed by atoms with Gasteiger partial charge < -0.3 is 44.4 Å². The Hall–Kier alpha value is -2.20. The van der Waals surface area contributed by atoms with Crippen LogP contribution in [-0.2, 0) is 19.2 Å². The van der Waals surface area contributed by atoms with Gasteiger partial charge in [-0.15, -0.1) is 0 Å². The van der Waals surface area contributed by atoms with Gasteiger partial charge in [0.15, 0.2) is 6.54 Å². The number of carbonyl (C=O) groups is 4. The van der Waals surface area contributed by atoms with E-state index in [1.807, 2.05) is 21.1 Å². The quantitative estimate of drug-likeness (QED) is 0.434. The lowest BCUT2D eigenvalue weighted by atomic mass is 9.96. The van der Waals surface area contributed by atoms with Crippen molar-refractivity contribution in [2.24, 2.45) is 0 Å². The van der Waals surface area contributed by atoms with Crippen LogP contribution in [0.1, 0.15) is 12.8 Å².